The fourth-order valence-electron chi connectivity index (χ4n) is 2.51. The molecule has 1 rings (SSSR count). The third-order valence-electron chi connectivity index (χ3n) is 4.20. The van der Waals surface area contributed by atoms with Crippen LogP contribution in [0.25, 0.3) is 0 Å². The van der Waals surface area contributed by atoms with E-state index in [0.717, 1.165) is 17.5 Å². The molecule has 0 fully saturated rings. The number of primary amides is 1. The lowest BCUT2D eigenvalue weighted by molar-refractivity contribution is -0.192. The van der Waals surface area contributed by atoms with Crippen molar-refractivity contribution >= 4 is 23.8 Å². The van der Waals surface area contributed by atoms with E-state index in [-0.39, 0.29) is 31.3 Å². The highest BCUT2D eigenvalue weighted by Gasteiger charge is 2.38. The number of nitrogens with two attached hydrogens (primary N) is 2. The van der Waals surface area contributed by atoms with Gasteiger partial charge in [0.1, 0.15) is 5.75 Å². The maximum absolute atomic E-state index is 12.2. The lowest BCUT2D eigenvalue weighted by Gasteiger charge is -2.16. The number of aryl methyl sites for hydroxylation is 1. The molecule has 9 nitrogen and oxygen atoms in total. The predicted octanol–water partition coefficient (Wildman–Crippen LogP) is 2.01. The smallest absolute Gasteiger partial charge is 0.475 e. The molecule has 0 radical (unpaired) electrons. The Hall–Kier alpha value is -3.15. The summed E-state index contributed by atoms with van der Waals surface area (Å²) in [6.07, 6.45) is -3.93. The van der Waals surface area contributed by atoms with Gasteiger partial charge < -0.3 is 26.6 Å². The number of hydrogen-bond donors (Lipinski definition) is 4. The van der Waals surface area contributed by atoms with Gasteiger partial charge in [-0.25, -0.2) is 4.79 Å². The number of carboxylic acids is 1. The van der Waals surface area contributed by atoms with Gasteiger partial charge in [-0.2, -0.15) is 13.2 Å². The minimum Gasteiger partial charge on any atom is -0.475 e. The zero-order valence-corrected chi connectivity index (χ0v) is 18.7. The topological polar surface area (TPSA) is 162 Å². The second kappa shape index (κ2) is 14.1. The van der Waals surface area contributed by atoms with Crippen molar-refractivity contribution in [1.82, 2.24) is 5.32 Å². The Morgan fingerprint density at radius 3 is 2.21 bits per heavy atom. The van der Waals surface area contributed by atoms with Gasteiger partial charge in [0.05, 0.1) is 12.5 Å². The number of benzene rings is 1. The van der Waals surface area contributed by atoms with Crippen LogP contribution in [0.1, 0.15) is 57.1 Å². The summed E-state index contributed by atoms with van der Waals surface area (Å²) in [6, 6.07) is 4.92. The summed E-state index contributed by atoms with van der Waals surface area (Å²) in [5.74, 6) is -3.31. The van der Waals surface area contributed by atoms with Crippen molar-refractivity contribution in [2.24, 2.45) is 11.5 Å². The van der Waals surface area contributed by atoms with Gasteiger partial charge in [-0.05, 0) is 29.9 Å². The highest BCUT2D eigenvalue weighted by atomic mass is 19.4. The van der Waals surface area contributed by atoms with Crippen LogP contribution < -0.4 is 21.5 Å². The fourth-order valence-corrected chi connectivity index (χ4v) is 2.51. The number of para-hydroxylation sites is 1. The summed E-state index contributed by atoms with van der Waals surface area (Å²) in [6.45, 7) is 6.39. The Labute approximate surface area is 189 Å². The molecule has 33 heavy (non-hydrogen) atoms. The number of rotatable bonds is 10. The van der Waals surface area contributed by atoms with E-state index >= 15 is 0 Å². The van der Waals surface area contributed by atoms with E-state index in [1.165, 1.54) is 0 Å². The zero-order valence-electron chi connectivity index (χ0n) is 18.7. The van der Waals surface area contributed by atoms with Gasteiger partial charge in [0.15, 0.2) is 0 Å². The van der Waals surface area contributed by atoms with E-state index in [9.17, 15) is 27.6 Å². The summed E-state index contributed by atoms with van der Waals surface area (Å²) in [4.78, 5) is 43.4. The van der Waals surface area contributed by atoms with Gasteiger partial charge in [-0.15, -0.1) is 0 Å². The third-order valence-corrected chi connectivity index (χ3v) is 4.20. The first kappa shape index (κ1) is 29.9. The van der Waals surface area contributed by atoms with Crippen LogP contribution in [-0.2, 0) is 25.6 Å². The standard InChI is InChI=1S/C19H29N3O4.C2HF3O2/c1-4-13-7-5-8-14(12(2)3)18(13)26-17(24)9-6-10-22-19(25)15(20)11-16(21)23;3-2(4,5)1(6)7/h5,7-8,12,15H,4,6,9-11,20H2,1-3H3,(H2,21,23)(H,22,25);(H,6,7)/t15-;/m0./s1. The first-order valence-electron chi connectivity index (χ1n) is 10.1. The van der Waals surface area contributed by atoms with Crippen molar-refractivity contribution in [2.75, 3.05) is 6.54 Å². The molecule has 0 saturated carbocycles. The molecule has 0 heterocycles. The number of alkyl halides is 3. The van der Waals surface area contributed by atoms with E-state index in [1.807, 2.05) is 25.1 Å². The molecule has 0 aromatic heterocycles. The van der Waals surface area contributed by atoms with E-state index in [4.69, 9.17) is 26.1 Å². The number of amides is 2. The number of esters is 1. The normalized spacial score (nSPS) is 11.8. The van der Waals surface area contributed by atoms with E-state index in [2.05, 4.69) is 19.2 Å². The summed E-state index contributed by atoms with van der Waals surface area (Å²) in [5, 5.41) is 9.70. The quantitative estimate of drug-likeness (QED) is 0.228. The summed E-state index contributed by atoms with van der Waals surface area (Å²) in [5.41, 5.74) is 12.5. The second-order valence-corrected chi connectivity index (χ2v) is 7.29. The molecule has 2 amide bonds. The van der Waals surface area contributed by atoms with Crippen LogP contribution in [-0.4, -0.2) is 47.6 Å². The van der Waals surface area contributed by atoms with Crippen molar-refractivity contribution in [2.45, 2.75) is 64.6 Å². The van der Waals surface area contributed by atoms with E-state index < -0.39 is 30.0 Å². The predicted molar refractivity (Wildman–Crippen MR) is 113 cm³/mol. The molecule has 12 heteroatoms. The number of carboxylic acid groups (broad SMARTS) is 1. The molecular formula is C21H30F3N3O6. The fraction of sp³-hybridized carbons (Fsp3) is 0.524. The highest BCUT2D eigenvalue weighted by molar-refractivity contribution is 5.87. The first-order chi connectivity index (χ1) is 15.2. The summed E-state index contributed by atoms with van der Waals surface area (Å²) >= 11 is 0. The maximum atomic E-state index is 12.2. The number of aliphatic carboxylic acids is 1. The highest BCUT2D eigenvalue weighted by Crippen LogP contribution is 2.31. The number of halogens is 3. The molecule has 1 aromatic rings. The number of hydrogen-bond acceptors (Lipinski definition) is 6. The molecule has 0 unspecified atom stereocenters. The van der Waals surface area contributed by atoms with Gasteiger partial charge in [0.25, 0.3) is 0 Å². The van der Waals surface area contributed by atoms with Gasteiger partial charge in [0.2, 0.25) is 11.8 Å². The largest absolute Gasteiger partial charge is 0.490 e. The van der Waals surface area contributed by atoms with Crippen molar-refractivity contribution < 1.29 is 42.2 Å². The Balaban J connectivity index is 0.00000126. The lowest BCUT2D eigenvalue weighted by atomic mass is 9.98. The maximum Gasteiger partial charge on any atom is 0.490 e. The van der Waals surface area contributed by atoms with Crippen LogP contribution in [0, 0.1) is 0 Å². The Morgan fingerprint density at radius 1 is 1.18 bits per heavy atom. The molecule has 0 aliphatic carbocycles. The number of nitrogens with one attached hydrogen (secondary N) is 1. The van der Waals surface area contributed by atoms with Crippen LogP contribution in [0.15, 0.2) is 18.2 Å². The molecule has 186 valence electrons. The summed E-state index contributed by atoms with van der Waals surface area (Å²) < 4.78 is 37.3. The molecule has 1 aromatic carbocycles. The minimum absolute atomic E-state index is 0.168. The van der Waals surface area contributed by atoms with Crippen LogP contribution >= 0.6 is 0 Å². The van der Waals surface area contributed by atoms with E-state index in [1.54, 1.807) is 0 Å². The molecule has 1 atom stereocenters. The van der Waals surface area contributed by atoms with Gasteiger partial charge in [0, 0.05) is 13.0 Å². The zero-order chi connectivity index (χ0) is 25.8. The molecule has 0 saturated heterocycles. The molecule has 0 spiro atoms. The van der Waals surface area contributed by atoms with Crippen LogP contribution in [0.4, 0.5) is 13.2 Å². The average molecular weight is 477 g/mol. The van der Waals surface area contributed by atoms with Crippen LogP contribution in [0.3, 0.4) is 0 Å². The Morgan fingerprint density at radius 2 is 1.76 bits per heavy atom. The van der Waals surface area contributed by atoms with Gasteiger partial charge >= 0.3 is 18.1 Å². The molecule has 6 N–H and O–H groups in total. The third kappa shape index (κ3) is 11.9. The van der Waals surface area contributed by atoms with Crippen molar-refractivity contribution in [3.8, 4) is 5.75 Å². The van der Waals surface area contributed by atoms with Crippen molar-refractivity contribution in [1.29, 1.82) is 0 Å². The van der Waals surface area contributed by atoms with Crippen molar-refractivity contribution in [3.63, 3.8) is 0 Å². The second-order valence-electron chi connectivity index (χ2n) is 7.29. The Kier molecular flexibility index (Phi) is 12.7. The Bertz CT molecular complexity index is 828. The summed E-state index contributed by atoms with van der Waals surface area (Å²) in [7, 11) is 0. The lowest BCUT2D eigenvalue weighted by Crippen LogP contribution is -2.43. The number of carbonyl (C=O) groups is 4. The van der Waals surface area contributed by atoms with Gasteiger partial charge in [-0.1, -0.05) is 39.0 Å². The first-order valence-corrected chi connectivity index (χ1v) is 10.1. The van der Waals surface area contributed by atoms with Crippen molar-refractivity contribution in [3.05, 3.63) is 29.3 Å². The monoisotopic (exact) mass is 477 g/mol. The molecule has 0 aliphatic rings. The molecule has 0 aliphatic heterocycles. The number of ether oxygens (including phenoxy) is 1. The molecule has 0 bridgehead atoms. The number of carbonyl (C=O) groups excluding carboxylic acids is 3. The minimum atomic E-state index is -5.08. The van der Waals surface area contributed by atoms with E-state index in [0.29, 0.717) is 12.2 Å². The SMILES string of the molecule is CCc1cccc(C(C)C)c1OC(=O)CCCNC(=O)[C@@H](N)CC(N)=O.O=C(O)C(F)(F)F. The van der Waals surface area contributed by atoms with Crippen LogP contribution in [0.2, 0.25) is 0 Å². The molecular weight excluding hydrogens is 447 g/mol. The average Bonchev–Trinajstić information content (AvgIpc) is 2.70. The van der Waals surface area contributed by atoms with Crippen LogP contribution in [0.5, 0.6) is 5.75 Å². The van der Waals surface area contributed by atoms with Gasteiger partial charge in [-0.3, -0.25) is 14.4 Å².